The zero-order chi connectivity index (χ0) is 13.2. The van der Waals surface area contributed by atoms with E-state index in [0.717, 1.165) is 12.1 Å². The quantitative estimate of drug-likeness (QED) is 0.891. The van der Waals surface area contributed by atoms with E-state index in [1.807, 2.05) is 0 Å². The molecule has 0 bridgehead atoms. The summed E-state index contributed by atoms with van der Waals surface area (Å²) in [7, 11) is 0. The van der Waals surface area contributed by atoms with Gasteiger partial charge in [-0.05, 0) is 41.0 Å². The molecule has 0 fully saturated rings. The monoisotopic (exact) mass is 253 g/mol. The molecule has 1 aromatic carbocycles. The summed E-state index contributed by atoms with van der Waals surface area (Å²) in [5.41, 5.74) is 0.690. The Morgan fingerprint density at radius 3 is 2.28 bits per heavy atom. The molecule has 1 N–H and O–H groups in total. The maximum Gasteiger partial charge on any atom is 0.416 e. The fraction of sp³-hybridized carbons (Fsp3) is 0.154. The molecule has 0 aliphatic heterocycles. The van der Waals surface area contributed by atoms with Crippen LogP contribution in [-0.2, 0) is 12.8 Å². The lowest BCUT2D eigenvalue weighted by molar-refractivity contribution is -0.137. The first-order chi connectivity index (χ1) is 8.52. The third-order valence-electron chi connectivity index (χ3n) is 2.60. The second-order valence-electron chi connectivity index (χ2n) is 3.76. The van der Waals surface area contributed by atoms with Crippen molar-refractivity contribution in [2.45, 2.75) is 12.8 Å². The van der Waals surface area contributed by atoms with Gasteiger partial charge in [0.15, 0.2) is 0 Å². The van der Waals surface area contributed by atoms with Crippen molar-refractivity contribution in [3.8, 4) is 11.1 Å². The van der Waals surface area contributed by atoms with Gasteiger partial charge in [-0.3, -0.25) is 4.98 Å². The summed E-state index contributed by atoms with van der Waals surface area (Å²) in [6.07, 6.45) is -1.40. The number of aliphatic hydroxyl groups excluding tert-OH is 1. The number of aliphatic hydroxyl groups is 1. The third kappa shape index (κ3) is 2.51. The number of pyridine rings is 1. The van der Waals surface area contributed by atoms with E-state index in [-0.39, 0.29) is 6.61 Å². The van der Waals surface area contributed by atoms with E-state index >= 15 is 0 Å². The van der Waals surface area contributed by atoms with Gasteiger partial charge in [-0.15, -0.1) is 0 Å². The van der Waals surface area contributed by atoms with Gasteiger partial charge in [0.2, 0.25) is 0 Å². The maximum absolute atomic E-state index is 12.6. The molecule has 0 atom stereocenters. The zero-order valence-electron chi connectivity index (χ0n) is 9.28. The van der Waals surface area contributed by atoms with Gasteiger partial charge in [0.05, 0.1) is 12.2 Å². The Morgan fingerprint density at radius 1 is 1.06 bits per heavy atom. The topological polar surface area (TPSA) is 33.1 Å². The summed E-state index contributed by atoms with van der Waals surface area (Å²) in [5, 5.41) is 9.18. The summed E-state index contributed by atoms with van der Waals surface area (Å²) in [6.45, 7) is -0.310. The van der Waals surface area contributed by atoms with Crippen molar-refractivity contribution in [1.29, 1.82) is 0 Å². The molecule has 0 saturated heterocycles. The second kappa shape index (κ2) is 4.78. The normalized spacial score (nSPS) is 11.6. The van der Waals surface area contributed by atoms with E-state index in [9.17, 15) is 18.3 Å². The largest absolute Gasteiger partial charge is 0.416 e. The lowest BCUT2D eigenvalue weighted by Gasteiger charge is -2.12. The molecule has 0 saturated carbocycles. The van der Waals surface area contributed by atoms with Gasteiger partial charge in [-0.25, -0.2) is 0 Å². The summed E-state index contributed by atoms with van der Waals surface area (Å²) < 4.78 is 37.9. The lowest BCUT2D eigenvalue weighted by Crippen LogP contribution is -2.05. The molecule has 0 aliphatic rings. The summed E-state index contributed by atoms with van der Waals surface area (Å²) >= 11 is 0. The second-order valence-corrected chi connectivity index (χ2v) is 3.76. The van der Waals surface area contributed by atoms with Crippen molar-refractivity contribution >= 4 is 0 Å². The Kier molecular flexibility index (Phi) is 3.34. The predicted octanol–water partition coefficient (Wildman–Crippen LogP) is 3.26. The van der Waals surface area contributed by atoms with Crippen molar-refractivity contribution in [2.75, 3.05) is 0 Å². The van der Waals surface area contributed by atoms with Crippen LogP contribution in [0.25, 0.3) is 11.1 Å². The Balaban J connectivity index is 2.57. The number of rotatable bonds is 2. The van der Waals surface area contributed by atoms with E-state index < -0.39 is 11.7 Å². The van der Waals surface area contributed by atoms with Crippen molar-refractivity contribution in [2.24, 2.45) is 0 Å². The molecular weight excluding hydrogens is 243 g/mol. The molecule has 18 heavy (non-hydrogen) atoms. The molecule has 94 valence electrons. The Hall–Kier alpha value is -1.88. The molecule has 0 spiro atoms. The minimum atomic E-state index is -4.39. The highest BCUT2D eigenvalue weighted by atomic mass is 19.4. The molecule has 2 nitrogen and oxygen atoms in total. The number of hydrogen-bond donors (Lipinski definition) is 1. The van der Waals surface area contributed by atoms with Crippen LogP contribution in [-0.4, -0.2) is 10.1 Å². The molecule has 0 amide bonds. The van der Waals surface area contributed by atoms with Crippen LogP contribution in [0.15, 0.2) is 42.7 Å². The zero-order valence-corrected chi connectivity index (χ0v) is 9.28. The highest BCUT2D eigenvalue weighted by Gasteiger charge is 2.31. The van der Waals surface area contributed by atoms with Crippen LogP contribution in [0.5, 0.6) is 0 Å². The van der Waals surface area contributed by atoms with Crippen molar-refractivity contribution in [3.05, 3.63) is 53.9 Å². The van der Waals surface area contributed by atoms with E-state index in [0.29, 0.717) is 16.7 Å². The number of halogens is 3. The van der Waals surface area contributed by atoms with Crippen LogP contribution in [0.2, 0.25) is 0 Å². The van der Waals surface area contributed by atoms with Gasteiger partial charge in [0.25, 0.3) is 0 Å². The molecule has 2 rings (SSSR count). The first kappa shape index (κ1) is 12.6. The highest BCUT2D eigenvalue weighted by molar-refractivity contribution is 5.67. The van der Waals surface area contributed by atoms with Gasteiger partial charge < -0.3 is 5.11 Å². The van der Waals surface area contributed by atoms with Crippen LogP contribution in [0, 0.1) is 0 Å². The lowest BCUT2D eigenvalue weighted by atomic mass is 9.98. The molecular formula is C13H10F3NO. The first-order valence-corrected chi connectivity index (χ1v) is 5.24. The van der Waals surface area contributed by atoms with E-state index in [4.69, 9.17) is 0 Å². The molecule has 0 radical (unpaired) electrons. The SMILES string of the molecule is OCc1ccc(C(F)(F)F)cc1-c1ccncc1. The average Bonchev–Trinajstić information content (AvgIpc) is 2.38. The molecule has 2 aromatic rings. The minimum absolute atomic E-state index is 0.310. The van der Waals surface area contributed by atoms with Gasteiger partial charge in [-0.1, -0.05) is 6.07 Å². The maximum atomic E-state index is 12.6. The number of alkyl halides is 3. The Bertz CT molecular complexity index is 538. The smallest absolute Gasteiger partial charge is 0.392 e. The average molecular weight is 253 g/mol. The van der Waals surface area contributed by atoms with Crippen LogP contribution < -0.4 is 0 Å². The van der Waals surface area contributed by atoms with Crippen LogP contribution >= 0.6 is 0 Å². The van der Waals surface area contributed by atoms with Crippen LogP contribution in [0.3, 0.4) is 0 Å². The van der Waals surface area contributed by atoms with Crippen molar-refractivity contribution in [3.63, 3.8) is 0 Å². The molecule has 0 aliphatic carbocycles. The van der Waals surface area contributed by atoms with E-state index in [1.54, 1.807) is 12.1 Å². The van der Waals surface area contributed by atoms with Crippen LogP contribution in [0.1, 0.15) is 11.1 Å². The highest BCUT2D eigenvalue weighted by Crippen LogP contribution is 2.33. The fourth-order valence-corrected chi connectivity index (χ4v) is 1.69. The van der Waals surface area contributed by atoms with Crippen LogP contribution in [0.4, 0.5) is 13.2 Å². The van der Waals surface area contributed by atoms with Gasteiger partial charge in [-0.2, -0.15) is 13.2 Å². The third-order valence-corrected chi connectivity index (χ3v) is 2.60. The Labute approximate surface area is 102 Å². The number of aromatic nitrogens is 1. The molecule has 1 aromatic heterocycles. The first-order valence-electron chi connectivity index (χ1n) is 5.24. The van der Waals surface area contributed by atoms with Gasteiger partial charge >= 0.3 is 6.18 Å². The Morgan fingerprint density at radius 2 is 1.72 bits per heavy atom. The number of benzene rings is 1. The number of nitrogens with zero attached hydrogens (tertiary/aromatic N) is 1. The summed E-state index contributed by atoms with van der Waals surface area (Å²) in [4.78, 5) is 3.81. The van der Waals surface area contributed by atoms with Gasteiger partial charge in [0.1, 0.15) is 0 Å². The minimum Gasteiger partial charge on any atom is -0.392 e. The van der Waals surface area contributed by atoms with E-state index in [1.165, 1.54) is 18.5 Å². The number of hydrogen-bond acceptors (Lipinski definition) is 2. The molecule has 5 heteroatoms. The molecule has 1 heterocycles. The van der Waals surface area contributed by atoms with Gasteiger partial charge in [0, 0.05) is 12.4 Å². The van der Waals surface area contributed by atoms with Crippen molar-refractivity contribution < 1.29 is 18.3 Å². The standard InChI is InChI=1S/C13H10F3NO/c14-13(15,16)11-2-1-10(8-18)12(7-11)9-3-5-17-6-4-9/h1-7,18H,8H2. The van der Waals surface area contributed by atoms with Crippen molar-refractivity contribution in [1.82, 2.24) is 4.98 Å². The molecule has 0 unspecified atom stereocenters. The summed E-state index contributed by atoms with van der Waals surface area (Å²) in [5.74, 6) is 0. The summed E-state index contributed by atoms with van der Waals surface area (Å²) in [6, 6.07) is 6.51. The predicted molar refractivity (Wildman–Crippen MR) is 60.6 cm³/mol. The fourth-order valence-electron chi connectivity index (χ4n) is 1.69. The van der Waals surface area contributed by atoms with E-state index in [2.05, 4.69) is 4.98 Å².